The van der Waals surface area contributed by atoms with Gasteiger partial charge in [-0.15, -0.1) is 11.3 Å². The molecule has 0 spiro atoms. The number of carbonyl (C=O) groups excluding carboxylic acids is 3. The summed E-state index contributed by atoms with van der Waals surface area (Å²) in [6.45, 7) is 1.91. The molecule has 1 aliphatic rings. The van der Waals surface area contributed by atoms with E-state index < -0.39 is 17.7 Å². The molecule has 0 unspecified atom stereocenters. The number of hydrogen-bond acceptors (Lipinski definition) is 6. The number of thiophene rings is 1. The minimum Gasteiger partial charge on any atom is -0.462 e. The van der Waals surface area contributed by atoms with Crippen molar-refractivity contribution in [2.75, 3.05) is 17.2 Å². The van der Waals surface area contributed by atoms with Gasteiger partial charge in [0.1, 0.15) is 29.0 Å². The molecule has 2 N–H and O–H groups in total. The Bertz CT molecular complexity index is 1710. The maximum absolute atomic E-state index is 13.3. The number of esters is 1. The molecule has 0 fully saturated rings. The largest absolute Gasteiger partial charge is 0.462 e. The number of hydrogen-bond donors (Lipinski definition) is 2. The number of fused-ring (bicyclic) bond motifs is 2. The first kappa shape index (κ1) is 27.8. The fourth-order valence-corrected chi connectivity index (χ4v) is 6.23. The molecule has 4 aromatic rings. The van der Waals surface area contributed by atoms with Crippen LogP contribution in [0, 0.1) is 17.1 Å². The van der Waals surface area contributed by atoms with E-state index in [0.29, 0.717) is 21.8 Å². The smallest absolute Gasteiger partial charge is 0.341 e. The van der Waals surface area contributed by atoms with Crippen LogP contribution in [0.4, 0.5) is 15.1 Å². The van der Waals surface area contributed by atoms with E-state index in [1.54, 1.807) is 17.7 Å². The Hall–Kier alpha value is -4.75. The molecule has 0 saturated heterocycles. The fraction of sp³-hybridized carbons (Fsp3) is 0.226. The van der Waals surface area contributed by atoms with E-state index in [2.05, 4.69) is 10.6 Å². The number of aromatic nitrogens is 1. The average molecular weight is 571 g/mol. The molecule has 10 heteroatoms. The molecular weight excluding hydrogens is 543 g/mol. The van der Waals surface area contributed by atoms with Gasteiger partial charge in [-0.05, 0) is 74.6 Å². The Kier molecular flexibility index (Phi) is 8.26. The molecule has 2 aromatic heterocycles. The SMILES string of the molecule is CCOC(=O)c1c(NC(=O)/C(C#N)=C/c2cn(CC(=O)Nc3ccc(F)cc3)c3ccccc23)sc2c1CCCC2. The van der Waals surface area contributed by atoms with Gasteiger partial charge in [0, 0.05) is 33.2 Å². The van der Waals surface area contributed by atoms with Crippen molar-refractivity contribution >= 4 is 56.8 Å². The normalized spacial score (nSPS) is 12.9. The second-order valence-corrected chi connectivity index (χ2v) is 10.6. The molecule has 2 aromatic carbocycles. The molecule has 208 valence electrons. The third-order valence-corrected chi connectivity index (χ3v) is 8.01. The number of amides is 2. The summed E-state index contributed by atoms with van der Waals surface area (Å²) < 4.78 is 20.2. The van der Waals surface area contributed by atoms with Crippen molar-refractivity contribution in [2.45, 2.75) is 39.2 Å². The van der Waals surface area contributed by atoms with Crippen molar-refractivity contribution in [1.29, 1.82) is 5.26 Å². The van der Waals surface area contributed by atoms with Gasteiger partial charge in [-0.1, -0.05) is 18.2 Å². The summed E-state index contributed by atoms with van der Waals surface area (Å²) in [7, 11) is 0. The van der Waals surface area contributed by atoms with Gasteiger partial charge in [0.15, 0.2) is 0 Å². The van der Waals surface area contributed by atoms with Crippen LogP contribution >= 0.6 is 11.3 Å². The zero-order valence-corrected chi connectivity index (χ0v) is 23.1. The Morgan fingerprint density at radius 3 is 2.61 bits per heavy atom. The van der Waals surface area contributed by atoms with Gasteiger partial charge in [0.2, 0.25) is 5.91 Å². The zero-order chi connectivity index (χ0) is 28.9. The number of ether oxygens (including phenoxy) is 1. The first-order valence-corrected chi connectivity index (χ1v) is 14.1. The summed E-state index contributed by atoms with van der Waals surface area (Å²) in [5.74, 6) is -1.84. The van der Waals surface area contributed by atoms with Crippen LogP contribution in [0.5, 0.6) is 0 Å². The quantitative estimate of drug-likeness (QED) is 0.151. The number of nitrogens with zero attached hydrogens (tertiary/aromatic N) is 2. The van der Waals surface area contributed by atoms with Gasteiger partial charge < -0.3 is 19.9 Å². The Morgan fingerprint density at radius 2 is 1.85 bits per heavy atom. The molecule has 5 rings (SSSR count). The molecular formula is C31H27FN4O4S. The monoisotopic (exact) mass is 570 g/mol. The van der Waals surface area contributed by atoms with Crippen molar-refractivity contribution in [1.82, 2.24) is 4.57 Å². The number of nitrogens with one attached hydrogen (secondary N) is 2. The highest BCUT2D eigenvalue weighted by molar-refractivity contribution is 7.17. The van der Waals surface area contributed by atoms with Gasteiger partial charge in [-0.2, -0.15) is 5.26 Å². The zero-order valence-electron chi connectivity index (χ0n) is 22.3. The number of halogens is 1. The van der Waals surface area contributed by atoms with Gasteiger partial charge in [-0.3, -0.25) is 9.59 Å². The van der Waals surface area contributed by atoms with Crippen molar-refractivity contribution in [3.8, 4) is 6.07 Å². The fourth-order valence-electron chi connectivity index (χ4n) is 4.96. The molecule has 2 amide bonds. The molecule has 1 aliphatic carbocycles. The molecule has 0 bridgehead atoms. The lowest BCUT2D eigenvalue weighted by atomic mass is 9.95. The first-order chi connectivity index (χ1) is 19.9. The van der Waals surface area contributed by atoms with E-state index in [4.69, 9.17) is 4.74 Å². The van der Waals surface area contributed by atoms with Crippen LogP contribution in [0.15, 0.2) is 60.3 Å². The van der Waals surface area contributed by atoms with Crippen LogP contribution in [0.2, 0.25) is 0 Å². The van der Waals surface area contributed by atoms with Crippen LogP contribution in [-0.2, 0) is 33.7 Å². The van der Waals surface area contributed by atoms with Gasteiger partial charge >= 0.3 is 5.97 Å². The van der Waals surface area contributed by atoms with Crippen molar-refractivity contribution < 1.29 is 23.5 Å². The summed E-state index contributed by atoms with van der Waals surface area (Å²) in [5, 5.41) is 16.6. The molecule has 2 heterocycles. The highest BCUT2D eigenvalue weighted by Crippen LogP contribution is 2.39. The maximum atomic E-state index is 13.3. The minimum absolute atomic E-state index is 0.0382. The van der Waals surface area contributed by atoms with Crippen molar-refractivity contribution in [2.24, 2.45) is 0 Å². The second kappa shape index (κ2) is 12.2. The number of anilines is 2. The Balaban J connectivity index is 1.41. The van der Waals surface area contributed by atoms with Gasteiger partial charge in [0.05, 0.1) is 12.2 Å². The van der Waals surface area contributed by atoms with E-state index in [1.165, 1.54) is 41.7 Å². The van der Waals surface area contributed by atoms with Crippen molar-refractivity contribution in [3.63, 3.8) is 0 Å². The summed E-state index contributed by atoms with van der Waals surface area (Å²) in [6, 6.07) is 14.8. The molecule has 8 nitrogen and oxygen atoms in total. The first-order valence-electron chi connectivity index (χ1n) is 13.3. The predicted octanol–water partition coefficient (Wildman–Crippen LogP) is 6.08. The van der Waals surface area contributed by atoms with E-state index in [-0.39, 0.29) is 24.6 Å². The lowest BCUT2D eigenvalue weighted by Gasteiger charge is -2.12. The third-order valence-electron chi connectivity index (χ3n) is 6.80. The number of carbonyl (C=O) groups is 3. The predicted molar refractivity (Wildman–Crippen MR) is 156 cm³/mol. The molecule has 0 radical (unpaired) electrons. The Labute approximate surface area is 240 Å². The molecule has 0 atom stereocenters. The van der Waals surface area contributed by atoms with Crippen molar-refractivity contribution in [3.05, 3.63) is 87.7 Å². The van der Waals surface area contributed by atoms with Gasteiger partial charge in [0.25, 0.3) is 5.91 Å². The average Bonchev–Trinajstić information content (AvgIpc) is 3.50. The van der Waals surface area contributed by atoms with Crippen LogP contribution in [0.3, 0.4) is 0 Å². The van der Waals surface area contributed by atoms with Crippen LogP contribution in [0.25, 0.3) is 17.0 Å². The van der Waals surface area contributed by atoms with E-state index >= 15 is 0 Å². The van der Waals surface area contributed by atoms with E-state index in [0.717, 1.165) is 47.0 Å². The summed E-state index contributed by atoms with van der Waals surface area (Å²) in [5.41, 5.74) is 2.93. The standard InChI is InChI=1S/C31H27FN4O4S/c1-2-40-31(39)28-24-8-4-6-10-26(24)41-30(28)35-29(38)19(16-33)15-20-17-36(25-9-5-3-7-23(20)25)18-27(37)34-22-13-11-21(32)12-14-22/h3,5,7,9,11-15,17H,2,4,6,8,10,18H2,1H3,(H,34,37)(H,35,38)/b19-15+. The number of aryl methyl sites for hydroxylation is 1. The number of benzene rings is 2. The molecule has 0 aliphatic heterocycles. The highest BCUT2D eigenvalue weighted by atomic mass is 32.1. The lowest BCUT2D eigenvalue weighted by Crippen LogP contribution is -2.18. The van der Waals surface area contributed by atoms with Crippen LogP contribution in [-0.4, -0.2) is 29.0 Å². The van der Waals surface area contributed by atoms with E-state index in [1.807, 2.05) is 30.3 Å². The minimum atomic E-state index is -0.637. The summed E-state index contributed by atoms with van der Waals surface area (Å²) >= 11 is 1.35. The van der Waals surface area contributed by atoms with Crippen LogP contribution < -0.4 is 10.6 Å². The second-order valence-electron chi connectivity index (χ2n) is 9.54. The number of nitriles is 1. The molecule has 0 saturated carbocycles. The summed E-state index contributed by atoms with van der Waals surface area (Å²) in [4.78, 5) is 39.9. The molecule has 41 heavy (non-hydrogen) atoms. The highest BCUT2D eigenvalue weighted by Gasteiger charge is 2.28. The topological polar surface area (TPSA) is 113 Å². The third kappa shape index (κ3) is 6.05. The summed E-state index contributed by atoms with van der Waals surface area (Å²) in [6.07, 6.45) is 6.72. The maximum Gasteiger partial charge on any atom is 0.341 e. The lowest BCUT2D eigenvalue weighted by molar-refractivity contribution is -0.116. The Morgan fingerprint density at radius 1 is 1.10 bits per heavy atom. The number of rotatable bonds is 8. The van der Waals surface area contributed by atoms with Crippen LogP contribution in [0.1, 0.15) is 46.1 Å². The number of para-hydroxylation sites is 1. The van der Waals surface area contributed by atoms with E-state index in [9.17, 15) is 24.0 Å². The van der Waals surface area contributed by atoms with Gasteiger partial charge in [-0.25, -0.2) is 9.18 Å².